The maximum Gasteiger partial charge on any atom is 0.574 e. The monoisotopic (exact) mass is 240 g/mol. The number of nitrogens with two attached hydrogens (primary N) is 1. The van der Waals surface area contributed by atoms with E-state index in [1.165, 1.54) is 0 Å². The molecular weight excluding hydrogens is 232 g/mol. The summed E-state index contributed by atoms with van der Waals surface area (Å²) in [5.41, 5.74) is 4.31. The number of aromatic nitrogens is 1. The van der Waals surface area contributed by atoms with Crippen LogP contribution in [0.5, 0.6) is 5.88 Å². The Hall–Kier alpha value is -1.41. The summed E-state index contributed by atoms with van der Waals surface area (Å²) in [4.78, 5) is 3.30. The van der Waals surface area contributed by atoms with Crippen molar-refractivity contribution in [3.05, 3.63) is 23.1 Å². The molecule has 0 saturated heterocycles. The number of nitrogens with zero attached hydrogens (tertiary/aromatic N) is 1. The van der Waals surface area contributed by atoms with E-state index in [1.807, 2.05) is 0 Å². The molecule has 0 aliphatic heterocycles. The predicted octanol–water partition coefficient (Wildman–Crippen LogP) is 1.07. The van der Waals surface area contributed by atoms with Crippen LogP contribution in [0.3, 0.4) is 0 Å². The Bertz CT molecular complexity index is 381. The molecule has 0 aliphatic carbocycles. The summed E-state index contributed by atoms with van der Waals surface area (Å²) in [6, 6.07) is 0.797. The number of hydrogen-bond acceptors (Lipinski definition) is 4. The van der Waals surface area contributed by atoms with Crippen LogP contribution >= 0.6 is 0 Å². The SMILES string of the molecule is NCc1c(F)cc(CO)nc1OC(F)(F)F. The topological polar surface area (TPSA) is 68.4 Å². The van der Waals surface area contributed by atoms with E-state index < -0.39 is 36.8 Å². The van der Waals surface area contributed by atoms with Crippen molar-refractivity contribution in [2.45, 2.75) is 19.5 Å². The summed E-state index contributed by atoms with van der Waals surface area (Å²) in [6.07, 6.45) is -4.99. The normalized spacial score (nSPS) is 11.6. The van der Waals surface area contributed by atoms with Gasteiger partial charge in [-0.2, -0.15) is 0 Å². The Morgan fingerprint density at radius 3 is 2.50 bits per heavy atom. The van der Waals surface area contributed by atoms with Crippen LogP contribution in [0.15, 0.2) is 6.07 Å². The van der Waals surface area contributed by atoms with E-state index in [-0.39, 0.29) is 5.69 Å². The van der Waals surface area contributed by atoms with Gasteiger partial charge in [-0.05, 0) is 6.07 Å². The number of aliphatic hydroxyl groups is 1. The lowest BCUT2D eigenvalue weighted by atomic mass is 10.2. The van der Waals surface area contributed by atoms with Crippen molar-refractivity contribution >= 4 is 0 Å². The number of halogens is 4. The molecule has 16 heavy (non-hydrogen) atoms. The van der Waals surface area contributed by atoms with Crippen LogP contribution in [0, 0.1) is 5.82 Å². The maximum atomic E-state index is 13.2. The minimum absolute atomic E-state index is 0.269. The molecule has 0 spiro atoms. The third kappa shape index (κ3) is 3.04. The molecule has 0 radical (unpaired) electrons. The van der Waals surface area contributed by atoms with Gasteiger partial charge >= 0.3 is 6.36 Å². The van der Waals surface area contributed by atoms with Crippen LogP contribution in [0.25, 0.3) is 0 Å². The first-order chi connectivity index (χ1) is 7.37. The van der Waals surface area contributed by atoms with Gasteiger partial charge in [0, 0.05) is 6.54 Å². The number of rotatable bonds is 3. The van der Waals surface area contributed by atoms with Crippen LogP contribution < -0.4 is 10.5 Å². The average Bonchev–Trinajstić information content (AvgIpc) is 2.14. The van der Waals surface area contributed by atoms with Gasteiger partial charge in [-0.1, -0.05) is 0 Å². The molecule has 1 heterocycles. The molecule has 8 heteroatoms. The van der Waals surface area contributed by atoms with Crippen molar-refractivity contribution in [3.63, 3.8) is 0 Å². The van der Waals surface area contributed by atoms with Gasteiger partial charge in [-0.3, -0.25) is 0 Å². The van der Waals surface area contributed by atoms with Gasteiger partial charge in [0.15, 0.2) is 0 Å². The molecule has 0 amide bonds. The molecule has 0 atom stereocenters. The fraction of sp³-hybridized carbons (Fsp3) is 0.375. The summed E-state index contributed by atoms with van der Waals surface area (Å²) in [5.74, 6) is -1.97. The molecule has 1 aromatic heterocycles. The van der Waals surface area contributed by atoms with Crippen molar-refractivity contribution in [1.29, 1.82) is 0 Å². The highest BCUT2D eigenvalue weighted by molar-refractivity contribution is 5.30. The molecule has 90 valence electrons. The van der Waals surface area contributed by atoms with E-state index in [0.29, 0.717) is 0 Å². The fourth-order valence-electron chi connectivity index (χ4n) is 1.03. The van der Waals surface area contributed by atoms with Gasteiger partial charge < -0.3 is 15.6 Å². The zero-order valence-corrected chi connectivity index (χ0v) is 7.88. The van der Waals surface area contributed by atoms with Crippen LogP contribution in [-0.2, 0) is 13.2 Å². The smallest absolute Gasteiger partial charge is 0.390 e. The van der Waals surface area contributed by atoms with Crippen molar-refractivity contribution < 1.29 is 27.4 Å². The Balaban J connectivity index is 3.18. The molecule has 0 aliphatic rings. The third-order valence-electron chi connectivity index (χ3n) is 1.66. The van der Waals surface area contributed by atoms with Crippen molar-refractivity contribution in [2.24, 2.45) is 5.73 Å². The molecule has 0 fully saturated rings. The molecule has 4 nitrogen and oxygen atoms in total. The van der Waals surface area contributed by atoms with Crippen molar-refractivity contribution in [1.82, 2.24) is 4.98 Å². The minimum Gasteiger partial charge on any atom is -0.390 e. The zero-order valence-electron chi connectivity index (χ0n) is 7.88. The number of pyridine rings is 1. The van der Waals surface area contributed by atoms with E-state index in [4.69, 9.17) is 10.8 Å². The molecule has 0 bridgehead atoms. The first-order valence-corrected chi connectivity index (χ1v) is 4.12. The van der Waals surface area contributed by atoms with Crippen molar-refractivity contribution in [3.8, 4) is 5.88 Å². The second kappa shape index (κ2) is 4.62. The second-order valence-corrected chi connectivity index (χ2v) is 2.79. The van der Waals surface area contributed by atoms with Crippen LogP contribution in [0.2, 0.25) is 0 Å². The molecule has 1 aromatic rings. The molecule has 0 aromatic carbocycles. The predicted molar refractivity (Wildman–Crippen MR) is 44.7 cm³/mol. The highest BCUT2D eigenvalue weighted by Crippen LogP contribution is 2.26. The van der Waals surface area contributed by atoms with Gasteiger partial charge in [0.05, 0.1) is 17.9 Å². The molecular formula is C8H8F4N2O2. The average molecular weight is 240 g/mol. The second-order valence-electron chi connectivity index (χ2n) is 2.79. The van der Waals surface area contributed by atoms with E-state index in [2.05, 4.69) is 9.72 Å². The fourth-order valence-corrected chi connectivity index (χ4v) is 1.03. The lowest BCUT2D eigenvalue weighted by Crippen LogP contribution is -2.20. The summed E-state index contributed by atoms with van der Waals surface area (Å²) in [7, 11) is 0. The van der Waals surface area contributed by atoms with Gasteiger partial charge in [-0.25, -0.2) is 9.37 Å². The molecule has 1 rings (SSSR count). The number of alkyl halides is 3. The minimum atomic E-state index is -4.99. The van der Waals surface area contributed by atoms with E-state index in [1.54, 1.807) is 0 Å². The largest absolute Gasteiger partial charge is 0.574 e. The summed E-state index contributed by atoms with van der Waals surface area (Å²) in [6.45, 7) is -1.19. The maximum absolute atomic E-state index is 13.2. The quantitative estimate of drug-likeness (QED) is 0.775. The standard InChI is InChI=1S/C8H8F4N2O2/c9-6-1-4(3-15)14-7(5(6)2-13)16-8(10,11)12/h1,15H,2-3,13H2. The lowest BCUT2D eigenvalue weighted by Gasteiger charge is -2.12. The van der Waals surface area contributed by atoms with E-state index in [9.17, 15) is 17.6 Å². The number of aliphatic hydroxyl groups excluding tert-OH is 1. The number of hydrogen-bond donors (Lipinski definition) is 2. The van der Waals surface area contributed by atoms with Gasteiger partial charge in [0.2, 0.25) is 5.88 Å². The lowest BCUT2D eigenvalue weighted by molar-refractivity contribution is -0.276. The Kier molecular flexibility index (Phi) is 3.66. The van der Waals surface area contributed by atoms with Crippen LogP contribution in [0.1, 0.15) is 11.3 Å². The Morgan fingerprint density at radius 1 is 1.44 bits per heavy atom. The van der Waals surface area contributed by atoms with Gasteiger partial charge in [0.25, 0.3) is 0 Å². The molecule has 0 saturated carbocycles. The third-order valence-corrected chi connectivity index (χ3v) is 1.66. The van der Waals surface area contributed by atoms with E-state index >= 15 is 0 Å². The van der Waals surface area contributed by atoms with Gasteiger partial charge in [0.1, 0.15) is 5.82 Å². The molecule has 0 unspecified atom stereocenters. The summed E-state index contributed by atoms with van der Waals surface area (Å²) < 4.78 is 52.5. The molecule has 3 N–H and O–H groups in total. The van der Waals surface area contributed by atoms with Crippen LogP contribution in [-0.4, -0.2) is 16.5 Å². The Labute approximate surface area is 87.7 Å². The van der Waals surface area contributed by atoms with Crippen molar-refractivity contribution in [2.75, 3.05) is 0 Å². The first-order valence-electron chi connectivity index (χ1n) is 4.12. The highest BCUT2D eigenvalue weighted by atomic mass is 19.4. The van der Waals surface area contributed by atoms with Crippen LogP contribution in [0.4, 0.5) is 17.6 Å². The summed E-state index contributed by atoms with van der Waals surface area (Å²) in [5, 5.41) is 8.65. The van der Waals surface area contributed by atoms with Gasteiger partial charge in [-0.15, -0.1) is 13.2 Å². The first kappa shape index (κ1) is 12.7. The Morgan fingerprint density at radius 2 is 2.06 bits per heavy atom. The number of ether oxygens (including phenoxy) is 1. The zero-order chi connectivity index (χ0) is 12.3. The summed E-state index contributed by atoms with van der Waals surface area (Å²) >= 11 is 0. The van der Waals surface area contributed by atoms with E-state index in [0.717, 1.165) is 6.07 Å². The highest BCUT2D eigenvalue weighted by Gasteiger charge is 2.33.